The minimum absolute atomic E-state index is 0.0161. The van der Waals surface area contributed by atoms with Gasteiger partial charge in [-0.3, -0.25) is 4.79 Å². The quantitative estimate of drug-likeness (QED) is 0.796. The Morgan fingerprint density at radius 1 is 1.29 bits per heavy atom. The van der Waals surface area contributed by atoms with Crippen LogP contribution in [0, 0.1) is 5.92 Å². The average molecular weight is 331 g/mol. The summed E-state index contributed by atoms with van der Waals surface area (Å²) in [6.07, 6.45) is 0. The first-order chi connectivity index (χ1) is 9.74. The fourth-order valence-electron chi connectivity index (χ4n) is 2.45. The molecule has 1 amide bonds. The van der Waals surface area contributed by atoms with Gasteiger partial charge in [0.2, 0.25) is 5.91 Å². The number of carbonyl (C=O) groups excluding carboxylic acids is 1. The molecule has 2 rings (SSSR count). The second-order valence-electron chi connectivity index (χ2n) is 5.50. The molecular weight excluding hydrogens is 312 g/mol. The third kappa shape index (κ3) is 3.32. The van der Waals surface area contributed by atoms with Gasteiger partial charge in [0.15, 0.2) is 0 Å². The van der Waals surface area contributed by atoms with Crippen LogP contribution in [-0.4, -0.2) is 34.0 Å². The molecule has 0 saturated carbocycles. The van der Waals surface area contributed by atoms with Gasteiger partial charge < -0.3 is 9.80 Å². The van der Waals surface area contributed by atoms with Crippen LogP contribution in [0.4, 0.5) is 11.4 Å². The molecule has 1 aliphatic heterocycles. The van der Waals surface area contributed by atoms with Gasteiger partial charge in [0.05, 0.1) is 22.8 Å². The van der Waals surface area contributed by atoms with E-state index in [0.29, 0.717) is 25.3 Å². The third-order valence-electron chi connectivity index (χ3n) is 3.42. The van der Waals surface area contributed by atoms with Crippen molar-refractivity contribution in [2.45, 2.75) is 25.7 Å². The highest BCUT2D eigenvalue weighted by molar-refractivity contribution is 8.13. The van der Waals surface area contributed by atoms with Crippen molar-refractivity contribution in [3.8, 4) is 0 Å². The van der Waals surface area contributed by atoms with Crippen LogP contribution in [0.1, 0.15) is 20.8 Å². The van der Waals surface area contributed by atoms with Gasteiger partial charge in [-0.25, -0.2) is 8.42 Å². The number of amides is 1. The molecular formula is C14H19ClN2O3S. The first-order valence-corrected chi connectivity index (χ1v) is 9.19. The Morgan fingerprint density at radius 2 is 1.95 bits per heavy atom. The molecule has 5 nitrogen and oxygen atoms in total. The fourth-order valence-corrected chi connectivity index (χ4v) is 3.23. The van der Waals surface area contributed by atoms with E-state index in [1.54, 1.807) is 11.0 Å². The summed E-state index contributed by atoms with van der Waals surface area (Å²) in [5.74, 6) is 0.258. The lowest BCUT2D eigenvalue weighted by atomic mass is 10.1. The lowest BCUT2D eigenvalue weighted by Gasteiger charge is -2.37. The second kappa shape index (κ2) is 5.85. The number of anilines is 2. The summed E-state index contributed by atoms with van der Waals surface area (Å²) >= 11 is 0. The Morgan fingerprint density at radius 3 is 2.48 bits per heavy atom. The summed E-state index contributed by atoms with van der Waals surface area (Å²) in [6.45, 7) is 7.53. The molecule has 0 N–H and O–H groups in total. The van der Waals surface area contributed by atoms with Gasteiger partial charge in [-0.05, 0) is 31.0 Å². The molecule has 0 unspecified atom stereocenters. The summed E-state index contributed by atoms with van der Waals surface area (Å²) < 4.78 is 23.1. The highest BCUT2D eigenvalue weighted by Crippen LogP contribution is 2.36. The van der Waals surface area contributed by atoms with Crippen LogP contribution in [0.3, 0.4) is 0 Å². The number of nitrogens with zero attached hydrogens (tertiary/aromatic N) is 2. The van der Waals surface area contributed by atoms with Crippen LogP contribution in [0.15, 0.2) is 23.1 Å². The average Bonchev–Trinajstić information content (AvgIpc) is 2.39. The maximum absolute atomic E-state index is 12.3. The lowest BCUT2D eigenvalue weighted by molar-refractivity contribution is -0.117. The zero-order valence-electron chi connectivity index (χ0n) is 12.3. The van der Waals surface area contributed by atoms with E-state index in [4.69, 9.17) is 10.7 Å². The van der Waals surface area contributed by atoms with Crippen molar-refractivity contribution in [1.82, 2.24) is 0 Å². The minimum Gasteiger partial charge on any atom is -0.361 e. The molecule has 21 heavy (non-hydrogen) atoms. The normalized spacial score (nSPS) is 15.6. The monoisotopic (exact) mass is 330 g/mol. The topological polar surface area (TPSA) is 57.7 Å². The van der Waals surface area contributed by atoms with E-state index in [9.17, 15) is 13.2 Å². The molecule has 116 valence electrons. The number of likely N-dealkylation sites (N-methyl/N-ethyl adjacent to an activating group) is 1. The molecule has 1 aromatic carbocycles. The van der Waals surface area contributed by atoms with Crippen LogP contribution in [-0.2, 0) is 13.8 Å². The van der Waals surface area contributed by atoms with Crippen molar-refractivity contribution < 1.29 is 13.2 Å². The number of benzene rings is 1. The molecule has 1 aliphatic rings. The van der Waals surface area contributed by atoms with E-state index in [1.807, 2.05) is 25.7 Å². The van der Waals surface area contributed by atoms with Crippen molar-refractivity contribution >= 4 is 37.0 Å². The summed E-state index contributed by atoms with van der Waals surface area (Å²) in [7, 11) is 1.60. The Hall–Kier alpha value is -1.27. The molecule has 0 bridgehead atoms. The zero-order valence-corrected chi connectivity index (χ0v) is 13.9. The van der Waals surface area contributed by atoms with Crippen molar-refractivity contribution in [2.75, 3.05) is 29.4 Å². The molecule has 0 fully saturated rings. The van der Waals surface area contributed by atoms with E-state index in [1.165, 1.54) is 12.1 Å². The van der Waals surface area contributed by atoms with E-state index in [2.05, 4.69) is 0 Å². The van der Waals surface area contributed by atoms with Gasteiger partial charge in [0.1, 0.15) is 0 Å². The largest absolute Gasteiger partial charge is 0.361 e. The summed E-state index contributed by atoms with van der Waals surface area (Å²) in [4.78, 5) is 15.9. The fraction of sp³-hybridized carbons (Fsp3) is 0.500. The standard InChI is InChI=1S/C14H19ClN2O3S/c1-4-16-9-14(18)17(8-10(2)3)13-7-11(21(15,19)20)5-6-12(13)16/h5-7,10H,4,8-9H2,1-3H3. The SMILES string of the molecule is CCN1CC(=O)N(CC(C)C)c2cc(S(=O)(=O)Cl)ccc21. The van der Waals surface area contributed by atoms with Gasteiger partial charge in [-0.2, -0.15) is 0 Å². The maximum Gasteiger partial charge on any atom is 0.261 e. The van der Waals surface area contributed by atoms with E-state index < -0.39 is 9.05 Å². The molecule has 0 radical (unpaired) electrons. The van der Waals surface area contributed by atoms with Gasteiger partial charge in [0.25, 0.3) is 9.05 Å². The maximum atomic E-state index is 12.3. The lowest BCUT2D eigenvalue weighted by Crippen LogP contribution is -2.47. The molecule has 1 aromatic rings. The van der Waals surface area contributed by atoms with E-state index >= 15 is 0 Å². The van der Waals surface area contributed by atoms with Crippen LogP contribution in [0.5, 0.6) is 0 Å². The molecule has 0 atom stereocenters. The molecule has 0 aromatic heterocycles. The zero-order chi connectivity index (χ0) is 15.8. The van der Waals surface area contributed by atoms with Crippen molar-refractivity contribution in [3.05, 3.63) is 18.2 Å². The van der Waals surface area contributed by atoms with Gasteiger partial charge in [-0.15, -0.1) is 0 Å². The number of hydrogen-bond donors (Lipinski definition) is 0. The van der Waals surface area contributed by atoms with Crippen LogP contribution >= 0.6 is 10.7 Å². The predicted octanol–water partition coefficient (Wildman–Crippen LogP) is 2.44. The van der Waals surface area contributed by atoms with Crippen molar-refractivity contribution in [2.24, 2.45) is 5.92 Å². The van der Waals surface area contributed by atoms with Gasteiger partial charge in [-0.1, -0.05) is 13.8 Å². The van der Waals surface area contributed by atoms with E-state index in [0.717, 1.165) is 5.69 Å². The smallest absolute Gasteiger partial charge is 0.261 e. The highest BCUT2D eigenvalue weighted by atomic mass is 35.7. The summed E-state index contributed by atoms with van der Waals surface area (Å²) in [5.41, 5.74) is 1.48. The predicted molar refractivity (Wildman–Crippen MR) is 84.6 cm³/mol. The number of carbonyl (C=O) groups is 1. The Balaban J connectivity index is 2.57. The Kier molecular flexibility index (Phi) is 4.49. The van der Waals surface area contributed by atoms with Crippen LogP contribution in [0.25, 0.3) is 0 Å². The molecule has 7 heteroatoms. The molecule has 0 saturated heterocycles. The number of hydrogen-bond acceptors (Lipinski definition) is 4. The number of rotatable bonds is 4. The van der Waals surface area contributed by atoms with Crippen molar-refractivity contribution in [3.63, 3.8) is 0 Å². The molecule has 0 aliphatic carbocycles. The molecule has 1 heterocycles. The van der Waals surface area contributed by atoms with Gasteiger partial charge in [0, 0.05) is 23.8 Å². The highest BCUT2D eigenvalue weighted by Gasteiger charge is 2.30. The van der Waals surface area contributed by atoms with Crippen LogP contribution in [0.2, 0.25) is 0 Å². The van der Waals surface area contributed by atoms with Gasteiger partial charge >= 0.3 is 0 Å². The number of halogens is 1. The summed E-state index contributed by atoms with van der Waals surface area (Å²) in [6, 6.07) is 4.68. The Labute approximate surface area is 129 Å². The third-order valence-corrected chi connectivity index (χ3v) is 4.77. The number of fused-ring (bicyclic) bond motifs is 1. The molecule has 0 spiro atoms. The first kappa shape index (κ1) is 16.1. The second-order valence-corrected chi connectivity index (χ2v) is 8.07. The Bertz CT molecular complexity index is 658. The first-order valence-electron chi connectivity index (χ1n) is 6.88. The van der Waals surface area contributed by atoms with Crippen LogP contribution < -0.4 is 9.80 Å². The van der Waals surface area contributed by atoms with E-state index in [-0.39, 0.29) is 16.7 Å². The van der Waals surface area contributed by atoms with Crippen molar-refractivity contribution in [1.29, 1.82) is 0 Å². The summed E-state index contributed by atoms with van der Waals surface area (Å²) in [5, 5.41) is 0. The minimum atomic E-state index is -3.81.